The van der Waals surface area contributed by atoms with E-state index in [2.05, 4.69) is 14.4 Å². The third-order valence-electron chi connectivity index (χ3n) is 7.00. The molecule has 12 nitrogen and oxygen atoms in total. The molecule has 5 rings (SSSR count). The lowest BCUT2D eigenvalue weighted by atomic mass is 10.1. The molecule has 4 heterocycles. The van der Waals surface area contributed by atoms with Crippen LogP contribution in [-0.4, -0.2) is 55.0 Å². The monoisotopic (exact) mass is 569 g/mol. The molecule has 1 aliphatic carbocycles. The number of aromatic hydroxyl groups is 1. The van der Waals surface area contributed by atoms with Crippen LogP contribution in [0.25, 0.3) is 0 Å². The van der Waals surface area contributed by atoms with Gasteiger partial charge < -0.3 is 15.0 Å². The molecule has 1 saturated carbocycles. The molecular formula is C22H27N5O7S3. The molecule has 2 atom stereocenters. The van der Waals surface area contributed by atoms with Crippen molar-refractivity contribution < 1.29 is 26.7 Å². The maximum absolute atomic E-state index is 13.4. The van der Waals surface area contributed by atoms with Gasteiger partial charge in [-0.05, 0) is 38.5 Å². The van der Waals surface area contributed by atoms with Gasteiger partial charge >= 0.3 is 0 Å². The largest absolute Gasteiger partial charge is 0.507 e. The number of fused-ring (bicyclic) bond motifs is 1. The first-order valence-electron chi connectivity index (χ1n) is 11.7. The van der Waals surface area contributed by atoms with Crippen molar-refractivity contribution in [3.05, 3.63) is 38.1 Å². The minimum atomic E-state index is -4.33. The van der Waals surface area contributed by atoms with Crippen LogP contribution >= 0.6 is 11.3 Å². The highest BCUT2D eigenvalue weighted by molar-refractivity contribution is 7.91. The number of nitrogens with zero attached hydrogens (tertiary/aromatic N) is 3. The number of sulfonamides is 1. The van der Waals surface area contributed by atoms with Crippen LogP contribution in [0.15, 0.2) is 19.5 Å². The summed E-state index contributed by atoms with van der Waals surface area (Å²) in [5.41, 5.74) is 0.482. The van der Waals surface area contributed by atoms with Crippen molar-refractivity contribution in [3.8, 4) is 5.75 Å². The molecule has 2 aromatic heterocycles. The number of carbonyl (C=O) groups is 1. The van der Waals surface area contributed by atoms with E-state index in [0.29, 0.717) is 23.7 Å². The summed E-state index contributed by atoms with van der Waals surface area (Å²) in [4.78, 5) is 24.6. The number of carbonyl (C=O) groups excluding carboxylic acids is 1. The van der Waals surface area contributed by atoms with Crippen molar-refractivity contribution in [2.45, 2.75) is 64.1 Å². The SMILES string of the molecule is CC(=O)C1CN1S(=O)(=O)NCc1csc2c1S(=O)(=O)N=C(c1c(O)c(C)c(C)n(CCC3CC3)c1=O)N2. The molecule has 1 saturated heterocycles. The fraction of sp³-hybridized carbons (Fsp3) is 0.500. The Bertz CT molecular complexity index is 1620. The van der Waals surface area contributed by atoms with Crippen LogP contribution in [0.5, 0.6) is 5.75 Å². The van der Waals surface area contributed by atoms with Gasteiger partial charge in [0.25, 0.3) is 25.8 Å². The first-order chi connectivity index (χ1) is 17.3. The molecule has 2 fully saturated rings. The minimum Gasteiger partial charge on any atom is -0.507 e. The Kier molecular flexibility index (Phi) is 6.34. The molecule has 37 heavy (non-hydrogen) atoms. The number of hydrogen-bond acceptors (Lipinski definition) is 9. The Morgan fingerprint density at radius 2 is 2.03 bits per heavy atom. The van der Waals surface area contributed by atoms with E-state index in [1.54, 1.807) is 18.4 Å². The van der Waals surface area contributed by atoms with Gasteiger partial charge in [0.05, 0.1) is 6.04 Å². The average molecular weight is 570 g/mol. The first kappa shape index (κ1) is 26.0. The van der Waals surface area contributed by atoms with Crippen LogP contribution in [0.1, 0.15) is 48.6 Å². The number of pyridine rings is 1. The summed E-state index contributed by atoms with van der Waals surface area (Å²) in [6, 6.07) is -0.703. The van der Waals surface area contributed by atoms with Gasteiger partial charge in [0.1, 0.15) is 27.0 Å². The van der Waals surface area contributed by atoms with Crippen LogP contribution in [0.2, 0.25) is 0 Å². The van der Waals surface area contributed by atoms with Crippen LogP contribution in [0.4, 0.5) is 5.00 Å². The zero-order valence-corrected chi connectivity index (χ0v) is 22.9. The first-order valence-corrected chi connectivity index (χ1v) is 15.5. The lowest BCUT2D eigenvalue weighted by Gasteiger charge is -2.20. The molecule has 0 bridgehead atoms. The third-order valence-corrected chi connectivity index (χ3v) is 11.0. The summed E-state index contributed by atoms with van der Waals surface area (Å²) in [5.74, 6) is -0.309. The van der Waals surface area contributed by atoms with Crippen molar-refractivity contribution in [1.82, 2.24) is 13.6 Å². The van der Waals surface area contributed by atoms with E-state index in [9.17, 15) is 31.5 Å². The van der Waals surface area contributed by atoms with E-state index in [0.717, 1.165) is 34.9 Å². The molecular weight excluding hydrogens is 542 g/mol. The Balaban J connectivity index is 1.44. The summed E-state index contributed by atoms with van der Waals surface area (Å²) in [6.07, 6.45) is 3.07. The Labute approximate surface area is 218 Å². The number of anilines is 1. The molecule has 0 spiro atoms. The number of hydrogen-bond donors (Lipinski definition) is 3. The van der Waals surface area contributed by atoms with Crippen LogP contribution in [-0.2, 0) is 38.1 Å². The quantitative estimate of drug-likeness (QED) is 0.379. The normalized spacial score (nSPS) is 22.2. The zero-order valence-electron chi connectivity index (χ0n) is 20.4. The molecule has 3 N–H and O–H groups in total. The van der Waals surface area contributed by atoms with E-state index in [4.69, 9.17) is 0 Å². The lowest BCUT2D eigenvalue weighted by molar-refractivity contribution is -0.116. The maximum atomic E-state index is 13.4. The Morgan fingerprint density at radius 1 is 1.32 bits per heavy atom. The second-order valence-corrected chi connectivity index (χ2v) is 13.7. The van der Waals surface area contributed by atoms with E-state index in [1.165, 1.54) is 12.3 Å². The summed E-state index contributed by atoms with van der Waals surface area (Å²) >= 11 is 1.01. The maximum Gasteiger partial charge on any atom is 0.287 e. The molecule has 2 unspecified atom stereocenters. The molecule has 200 valence electrons. The number of ketones is 1. The summed E-state index contributed by atoms with van der Waals surface area (Å²) in [5, 5.41) is 15.3. The summed E-state index contributed by atoms with van der Waals surface area (Å²) in [6.45, 7) is 4.91. The van der Waals surface area contributed by atoms with Gasteiger partial charge in [0, 0.05) is 36.5 Å². The molecule has 0 radical (unpaired) electrons. The lowest BCUT2D eigenvalue weighted by Crippen LogP contribution is -2.34. The van der Waals surface area contributed by atoms with Crippen LogP contribution in [0, 0.1) is 19.8 Å². The van der Waals surface area contributed by atoms with Crippen molar-refractivity contribution in [1.29, 1.82) is 0 Å². The summed E-state index contributed by atoms with van der Waals surface area (Å²) in [7, 11) is -8.30. The predicted octanol–water partition coefficient (Wildman–Crippen LogP) is 1.20. The van der Waals surface area contributed by atoms with Gasteiger partial charge in [0.2, 0.25) is 0 Å². The smallest absolute Gasteiger partial charge is 0.287 e. The number of aromatic nitrogens is 1. The van der Waals surface area contributed by atoms with Gasteiger partial charge in [0.15, 0.2) is 5.84 Å². The van der Waals surface area contributed by atoms with Crippen molar-refractivity contribution >= 4 is 48.2 Å². The zero-order chi connectivity index (χ0) is 26.9. The predicted molar refractivity (Wildman–Crippen MR) is 138 cm³/mol. The third kappa shape index (κ3) is 4.74. The Morgan fingerprint density at radius 3 is 2.65 bits per heavy atom. The highest BCUT2D eigenvalue weighted by atomic mass is 32.2. The highest BCUT2D eigenvalue weighted by Gasteiger charge is 2.47. The molecule has 0 aromatic carbocycles. The molecule has 3 aliphatic rings. The number of nitrogens with one attached hydrogen (secondary N) is 2. The van der Waals surface area contributed by atoms with E-state index in [-0.39, 0.29) is 51.5 Å². The highest BCUT2D eigenvalue weighted by Crippen LogP contribution is 2.38. The van der Waals surface area contributed by atoms with E-state index < -0.39 is 31.8 Å². The second kappa shape index (κ2) is 9.01. The number of rotatable bonds is 9. The molecule has 2 aromatic rings. The van der Waals surface area contributed by atoms with Gasteiger partial charge in [-0.15, -0.1) is 15.7 Å². The van der Waals surface area contributed by atoms with Gasteiger partial charge in [-0.1, -0.05) is 12.8 Å². The van der Waals surface area contributed by atoms with Gasteiger partial charge in [-0.25, -0.2) is 0 Å². The van der Waals surface area contributed by atoms with E-state index in [1.807, 2.05) is 0 Å². The van der Waals surface area contributed by atoms with Crippen molar-refractivity contribution in [2.75, 3.05) is 11.9 Å². The molecule has 15 heteroatoms. The fourth-order valence-electron chi connectivity index (χ4n) is 4.40. The van der Waals surface area contributed by atoms with Crippen LogP contribution in [0.3, 0.4) is 0 Å². The molecule has 2 aliphatic heterocycles. The minimum absolute atomic E-state index is 0.0809. The molecule has 0 amide bonds. The second-order valence-electron chi connectivity index (χ2n) is 9.60. The number of Topliss-reactive ketones (excluding diaryl/α,β-unsaturated/α-hetero) is 1. The van der Waals surface area contributed by atoms with E-state index >= 15 is 0 Å². The topological polar surface area (TPSA) is 167 Å². The Hall–Kier alpha value is -2.59. The standard InChI is InChI=1S/C22H27N5O7S3/c1-11-12(2)26(7-6-14-4-5-14)22(30)17(18(11)29)20-24-21-19(36(31,32)25-20)15(10-35-21)8-23-37(33,34)27-9-16(27)13(3)28/h10,14,16,23,29H,4-9H2,1-3H3,(H,24,25). The fourth-order valence-corrected chi connectivity index (χ4v) is 8.33. The van der Waals surface area contributed by atoms with Crippen molar-refractivity contribution in [2.24, 2.45) is 10.3 Å². The van der Waals surface area contributed by atoms with Gasteiger partial charge in [-0.3, -0.25) is 9.59 Å². The number of amidine groups is 1. The summed E-state index contributed by atoms with van der Waals surface area (Å²) < 4.78 is 59.9. The van der Waals surface area contributed by atoms with Gasteiger partial charge in [-0.2, -0.15) is 25.9 Å². The van der Waals surface area contributed by atoms with Crippen LogP contribution < -0.4 is 15.6 Å². The number of thiophene rings is 1. The average Bonchev–Trinajstić information content (AvgIpc) is 3.73. The van der Waals surface area contributed by atoms with Crippen molar-refractivity contribution in [3.63, 3.8) is 0 Å².